The van der Waals surface area contributed by atoms with Crippen molar-refractivity contribution in [3.05, 3.63) is 92.4 Å². The minimum absolute atomic E-state index is 0.160. The topological polar surface area (TPSA) is 59.9 Å². The Kier molecular flexibility index (Phi) is 9.64. The maximum absolute atomic E-state index is 12.1. The van der Waals surface area contributed by atoms with Crippen molar-refractivity contribution >= 4 is 55.7 Å². The fraction of sp³-hybridized carbons (Fsp3) is 0.167. The van der Waals surface area contributed by atoms with E-state index in [9.17, 15) is 4.79 Å². The zero-order valence-corrected chi connectivity index (χ0v) is 21.4. The largest absolute Gasteiger partial charge is 0.493 e. The molecular weight excluding hydrogens is 556 g/mol. The average Bonchev–Trinajstić information content (AvgIpc) is 2.80. The van der Waals surface area contributed by atoms with Crippen LogP contribution in [0.15, 0.2) is 80.8 Å². The third kappa shape index (κ3) is 7.39. The van der Waals surface area contributed by atoms with Gasteiger partial charge in [-0.25, -0.2) is 5.43 Å². The first kappa shape index (κ1) is 24.4. The maximum Gasteiger partial charge on any atom is 0.250 e. The van der Waals surface area contributed by atoms with Gasteiger partial charge in [-0.15, -0.1) is 11.8 Å². The molecule has 32 heavy (non-hydrogen) atoms. The number of carbonyl (C=O) groups is 1. The number of hydrogen-bond donors (Lipinski definition) is 1. The van der Waals surface area contributed by atoms with E-state index in [0.29, 0.717) is 23.9 Å². The molecule has 0 aliphatic carbocycles. The molecule has 0 aliphatic rings. The number of benzene rings is 3. The Hall–Kier alpha value is -2.29. The van der Waals surface area contributed by atoms with Gasteiger partial charge in [0.1, 0.15) is 6.61 Å². The first-order valence-corrected chi connectivity index (χ1v) is 12.5. The number of amides is 1. The van der Waals surface area contributed by atoms with Gasteiger partial charge in [-0.3, -0.25) is 4.79 Å². The molecule has 0 saturated carbocycles. The highest BCUT2D eigenvalue weighted by Gasteiger charge is 2.12. The summed E-state index contributed by atoms with van der Waals surface area (Å²) in [6, 6.07) is 21.6. The van der Waals surface area contributed by atoms with Crippen LogP contribution in [0.3, 0.4) is 0 Å². The molecule has 1 N–H and O–H groups in total. The van der Waals surface area contributed by atoms with Crippen molar-refractivity contribution in [2.24, 2.45) is 5.10 Å². The highest BCUT2D eigenvalue weighted by atomic mass is 79.9. The summed E-state index contributed by atoms with van der Waals surface area (Å²) in [7, 11) is 1.59. The van der Waals surface area contributed by atoms with Crippen molar-refractivity contribution in [3.8, 4) is 11.5 Å². The Morgan fingerprint density at radius 1 is 1.06 bits per heavy atom. The van der Waals surface area contributed by atoms with E-state index in [-0.39, 0.29) is 5.91 Å². The van der Waals surface area contributed by atoms with Gasteiger partial charge in [-0.2, -0.15) is 5.10 Å². The van der Waals surface area contributed by atoms with Crippen LogP contribution in [-0.4, -0.2) is 25.0 Å². The minimum atomic E-state index is -0.160. The summed E-state index contributed by atoms with van der Waals surface area (Å²) in [4.78, 5) is 12.1. The van der Waals surface area contributed by atoms with Gasteiger partial charge in [0.2, 0.25) is 5.91 Å². The summed E-state index contributed by atoms with van der Waals surface area (Å²) < 4.78 is 13.2. The van der Waals surface area contributed by atoms with Crippen LogP contribution >= 0.6 is 43.6 Å². The molecule has 0 radical (unpaired) electrons. The monoisotopic (exact) mass is 576 g/mol. The van der Waals surface area contributed by atoms with E-state index in [0.717, 1.165) is 31.4 Å². The van der Waals surface area contributed by atoms with Crippen LogP contribution in [0, 0.1) is 0 Å². The van der Waals surface area contributed by atoms with Crippen LogP contribution in [0.5, 0.6) is 11.5 Å². The van der Waals surface area contributed by atoms with E-state index >= 15 is 0 Å². The van der Waals surface area contributed by atoms with Gasteiger partial charge in [0.15, 0.2) is 11.5 Å². The number of thioether (sulfide) groups is 1. The van der Waals surface area contributed by atoms with E-state index in [4.69, 9.17) is 9.47 Å². The SMILES string of the molecule is COc1cc(/C=N\NC(=O)CSCc2ccccc2Br)cc(Br)c1OCc1ccccc1. The molecule has 8 heteroatoms. The second kappa shape index (κ2) is 12.7. The smallest absolute Gasteiger partial charge is 0.250 e. The molecular formula is C24H22Br2N2O3S. The van der Waals surface area contributed by atoms with Gasteiger partial charge in [0.25, 0.3) is 0 Å². The molecule has 0 aromatic heterocycles. The van der Waals surface area contributed by atoms with Crippen molar-refractivity contribution in [1.29, 1.82) is 0 Å². The molecule has 0 saturated heterocycles. The molecule has 0 spiro atoms. The molecule has 0 aliphatic heterocycles. The van der Waals surface area contributed by atoms with Crippen LogP contribution in [0.1, 0.15) is 16.7 Å². The molecule has 166 valence electrons. The summed E-state index contributed by atoms with van der Waals surface area (Å²) >= 11 is 8.58. The first-order valence-electron chi connectivity index (χ1n) is 9.74. The number of nitrogens with zero attached hydrogens (tertiary/aromatic N) is 1. The van der Waals surface area contributed by atoms with Gasteiger partial charge < -0.3 is 9.47 Å². The lowest BCUT2D eigenvalue weighted by molar-refractivity contribution is -0.118. The molecule has 0 unspecified atom stereocenters. The van der Waals surface area contributed by atoms with Gasteiger partial charge in [0.05, 0.1) is 23.5 Å². The Morgan fingerprint density at radius 2 is 1.81 bits per heavy atom. The summed E-state index contributed by atoms with van der Waals surface area (Å²) in [5.41, 5.74) is 5.54. The first-order chi connectivity index (χ1) is 15.6. The lowest BCUT2D eigenvalue weighted by Crippen LogP contribution is -2.19. The second-order valence-corrected chi connectivity index (χ2v) is 9.38. The van der Waals surface area contributed by atoms with Crippen LogP contribution < -0.4 is 14.9 Å². The Balaban J connectivity index is 1.53. The summed E-state index contributed by atoms with van der Waals surface area (Å²) in [6.07, 6.45) is 1.57. The number of rotatable bonds is 10. The molecule has 0 fully saturated rings. The molecule has 1 amide bonds. The molecule has 3 aromatic rings. The summed E-state index contributed by atoms with van der Waals surface area (Å²) in [5, 5.41) is 4.06. The number of methoxy groups -OCH3 is 1. The van der Waals surface area contributed by atoms with E-state index in [1.165, 1.54) is 11.8 Å². The van der Waals surface area contributed by atoms with E-state index < -0.39 is 0 Å². The number of carbonyl (C=O) groups excluding carboxylic acids is 1. The number of nitrogens with one attached hydrogen (secondary N) is 1. The van der Waals surface area contributed by atoms with Crippen molar-refractivity contribution in [2.45, 2.75) is 12.4 Å². The molecule has 0 bridgehead atoms. The van der Waals surface area contributed by atoms with Crippen molar-refractivity contribution in [1.82, 2.24) is 5.43 Å². The van der Waals surface area contributed by atoms with Crippen molar-refractivity contribution in [3.63, 3.8) is 0 Å². The van der Waals surface area contributed by atoms with Crippen molar-refractivity contribution < 1.29 is 14.3 Å². The highest BCUT2D eigenvalue weighted by Crippen LogP contribution is 2.36. The zero-order valence-electron chi connectivity index (χ0n) is 17.4. The van der Waals surface area contributed by atoms with E-state index in [2.05, 4.69) is 42.4 Å². The second-order valence-electron chi connectivity index (χ2n) is 6.69. The number of halogens is 2. The standard InChI is InChI=1S/C24H22Br2N2O3S/c1-30-22-12-18(11-21(26)24(22)31-14-17-7-3-2-4-8-17)13-27-28-23(29)16-32-15-19-9-5-6-10-20(19)25/h2-13H,14-16H2,1H3,(H,28,29)/b27-13-. The quantitative estimate of drug-likeness (QED) is 0.231. The minimum Gasteiger partial charge on any atom is -0.493 e. The Labute approximate surface area is 208 Å². The third-order valence-corrected chi connectivity index (χ3v) is 6.67. The van der Waals surface area contributed by atoms with Gasteiger partial charge >= 0.3 is 0 Å². The number of hydrazone groups is 1. The lowest BCUT2D eigenvalue weighted by Gasteiger charge is -2.13. The summed E-state index contributed by atoms with van der Waals surface area (Å²) in [6.45, 7) is 0.427. The molecule has 0 atom stereocenters. The third-order valence-electron chi connectivity index (χ3n) is 4.33. The normalized spacial score (nSPS) is 10.8. The Morgan fingerprint density at radius 3 is 2.56 bits per heavy atom. The average molecular weight is 578 g/mol. The molecule has 3 aromatic carbocycles. The lowest BCUT2D eigenvalue weighted by atomic mass is 10.2. The Bertz CT molecular complexity index is 1080. The summed E-state index contributed by atoms with van der Waals surface area (Å²) in [5.74, 6) is 2.09. The fourth-order valence-corrected chi connectivity index (χ4v) is 4.77. The van der Waals surface area contributed by atoms with Crippen LogP contribution in [0.25, 0.3) is 0 Å². The van der Waals surface area contributed by atoms with Crippen molar-refractivity contribution in [2.75, 3.05) is 12.9 Å². The fourth-order valence-electron chi connectivity index (χ4n) is 2.76. The van der Waals surface area contributed by atoms with Gasteiger partial charge in [-0.05, 0) is 50.8 Å². The predicted molar refractivity (Wildman–Crippen MR) is 138 cm³/mol. The molecule has 3 rings (SSSR count). The number of ether oxygens (including phenoxy) is 2. The van der Waals surface area contributed by atoms with E-state index in [1.54, 1.807) is 13.3 Å². The molecule has 5 nitrogen and oxygen atoms in total. The maximum atomic E-state index is 12.1. The van der Waals surface area contributed by atoms with Gasteiger partial charge in [-0.1, -0.05) is 64.5 Å². The van der Waals surface area contributed by atoms with E-state index in [1.807, 2.05) is 66.7 Å². The predicted octanol–water partition coefficient (Wildman–Crippen LogP) is 6.18. The van der Waals surface area contributed by atoms with Crippen LogP contribution in [0.4, 0.5) is 0 Å². The zero-order chi connectivity index (χ0) is 22.8. The number of hydrogen-bond acceptors (Lipinski definition) is 5. The highest BCUT2D eigenvalue weighted by molar-refractivity contribution is 9.10. The molecule has 0 heterocycles. The van der Waals surface area contributed by atoms with Crippen LogP contribution in [-0.2, 0) is 17.2 Å². The van der Waals surface area contributed by atoms with Gasteiger partial charge in [0, 0.05) is 10.2 Å². The van der Waals surface area contributed by atoms with Crippen LogP contribution in [0.2, 0.25) is 0 Å².